The number of halogens is 2. The van der Waals surface area contributed by atoms with Crippen LogP contribution in [0.25, 0.3) is 22.3 Å². The Labute approximate surface area is 155 Å². The summed E-state index contributed by atoms with van der Waals surface area (Å²) >= 11 is 5.97. The van der Waals surface area contributed by atoms with Crippen molar-refractivity contribution in [2.45, 2.75) is 6.54 Å². The maximum atomic E-state index is 13.4. The van der Waals surface area contributed by atoms with Crippen molar-refractivity contribution >= 4 is 28.3 Å². The lowest BCUT2D eigenvalue weighted by Crippen LogP contribution is -2.04. The van der Waals surface area contributed by atoms with Gasteiger partial charge in [-0.1, -0.05) is 35.9 Å². The van der Waals surface area contributed by atoms with Crippen molar-refractivity contribution in [3.05, 3.63) is 89.2 Å². The van der Waals surface area contributed by atoms with Crippen LogP contribution in [0.4, 0.5) is 10.2 Å². The Hall–Kier alpha value is -2.98. The smallest absolute Gasteiger partial charge is 0.162 e. The molecule has 0 atom stereocenters. The van der Waals surface area contributed by atoms with E-state index in [1.165, 1.54) is 12.1 Å². The molecule has 1 heterocycles. The normalized spacial score (nSPS) is 10.8. The molecule has 0 radical (unpaired) electrons. The van der Waals surface area contributed by atoms with Gasteiger partial charge in [-0.15, -0.1) is 0 Å². The van der Waals surface area contributed by atoms with Gasteiger partial charge in [0.1, 0.15) is 11.6 Å². The van der Waals surface area contributed by atoms with Gasteiger partial charge in [0.25, 0.3) is 0 Å². The number of nitrogens with zero attached hydrogens (tertiary/aromatic N) is 2. The van der Waals surface area contributed by atoms with Gasteiger partial charge in [-0.3, -0.25) is 0 Å². The monoisotopic (exact) mass is 363 g/mol. The molecule has 26 heavy (non-hydrogen) atoms. The van der Waals surface area contributed by atoms with Crippen LogP contribution in [0, 0.1) is 5.82 Å². The van der Waals surface area contributed by atoms with Crippen molar-refractivity contribution in [2.24, 2.45) is 0 Å². The van der Waals surface area contributed by atoms with E-state index in [4.69, 9.17) is 11.6 Å². The molecular weight excluding hydrogens is 349 g/mol. The van der Waals surface area contributed by atoms with E-state index in [1.807, 2.05) is 54.6 Å². The first-order valence-electron chi connectivity index (χ1n) is 8.20. The number of hydrogen-bond acceptors (Lipinski definition) is 3. The number of anilines is 1. The fourth-order valence-electron chi connectivity index (χ4n) is 2.77. The SMILES string of the molecule is Fc1cccc(CNc2nc(-c3ccc(Cl)cc3)nc3ccccc23)c1. The minimum Gasteiger partial charge on any atom is -0.365 e. The first-order chi connectivity index (χ1) is 12.7. The number of aromatic nitrogens is 2. The van der Waals surface area contributed by atoms with Gasteiger partial charge in [-0.05, 0) is 54.1 Å². The number of benzene rings is 3. The molecule has 3 nitrogen and oxygen atoms in total. The molecule has 1 aromatic heterocycles. The molecule has 0 spiro atoms. The lowest BCUT2D eigenvalue weighted by Gasteiger charge is -2.11. The molecular formula is C21H15ClFN3. The molecule has 0 amide bonds. The van der Waals surface area contributed by atoms with Gasteiger partial charge in [0.2, 0.25) is 0 Å². The Kier molecular flexibility index (Phi) is 4.50. The Morgan fingerprint density at radius 3 is 2.50 bits per heavy atom. The molecule has 4 aromatic rings. The van der Waals surface area contributed by atoms with E-state index in [2.05, 4.69) is 15.3 Å². The molecule has 1 N–H and O–H groups in total. The molecule has 0 bridgehead atoms. The van der Waals surface area contributed by atoms with E-state index in [-0.39, 0.29) is 5.82 Å². The van der Waals surface area contributed by atoms with E-state index in [9.17, 15) is 4.39 Å². The third-order valence-electron chi connectivity index (χ3n) is 4.05. The summed E-state index contributed by atoms with van der Waals surface area (Å²) in [4.78, 5) is 9.33. The van der Waals surface area contributed by atoms with Crippen LogP contribution >= 0.6 is 11.6 Å². The molecule has 0 aliphatic heterocycles. The third kappa shape index (κ3) is 3.51. The van der Waals surface area contributed by atoms with Crippen LogP contribution in [-0.2, 0) is 6.54 Å². The fourth-order valence-corrected chi connectivity index (χ4v) is 2.90. The van der Waals surface area contributed by atoms with Gasteiger partial charge in [0.15, 0.2) is 5.82 Å². The summed E-state index contributed by atoms with van der Waals surface area (Å²) in [5, 5.41) is 4.89. The zero-order valence-corrected chi connectivity index (χ0v) is 14.5. The van der Waals surface area contributed by atoms with Gasteiger partial charge < -0.3 is 5.32 Å². The van der Waals surface area contributed by atoms with Crippen molar-refractivity contribution in [1.29, 1.82) is 0 Å². The van der Waals surface area contributed by atoms with Gasteiger partial charge in [-0.25, -0.2) is 14.4 Å². The standard InChI is InChI=1S/C21H15ClFN3/c22-16-10-8-15(9-11-16)20-25-19-7-2-1-6-18(19)21(26-20)24-13-14-4-3-5-17(23)12-14/h1-12H,13H2,(H,24,25,26). The first-order valence-corrected chi connectivity index (χ1v) is 8.58. The zero-order valence-electron chi connectivity index (χ0n) is 13.8. The van der Waals surface area contributed by atoms with E-state index in [0.29, 0.717) is 23.2 Å². The highest BCUT2D eigenvalue weighted by molar-refractivity contribution is 6.30. The number of para-hydroxylation sites is 1. The molecule has 128 valence electrons. The Morgan fingerprint density at radius 2 is 1.69 bits per heavy atom. The molecule has 0 fully saturated rings. The minimum absolute atomic E-state index is 0.251. The summed E-state index contributed by atoms with van der Waals surface area (Å²) in [6.07, 6.45) is 0. The molecule has 0 saturated heterocycles. The largest absolute Gasteiger partial charge is 0.365 e. The molecule has 4 rings (SSSR count). The molecule has 3 aromatic carbocycles. The summed E-state index contributed by atoms with van der Waals surface area (Å²) in [6, 6.07) is 21.7. The minimum atomic E-state index is -0.251. The second-order valence-corrected chi connectivity index (χ2v) is 6.34. The summed E-state index contributed by atoms with van der Waals surface area (Å²) in [6.45, 7) is 0.471. The van der Waals surface area contributed by atoms with Crippen molar-refractivity contribution in [2.75, 3.05) is 5.32 Å². The number of rotatable bonds is 4. The average molecular weight is 364 g/mol. The topological polar surface area (TPSA) is 37.8 Å². The predicted molar refractivity (Wildman–Crippen MR) is 104 cm³/mol. The van der Waals surface area contributed by atoms with Crippen molar-refractivity contribution in [3.63, 3.8) is 0 Å². The average Bonchev–Trinajstić information content (AvgIpc) is 2.66. The molecule has 0 saturated carbocycles. The van der Waals surface area contributed by atoms with Crippen LogP contribution in [0.2, 0.25) is 5.02 Å². The maximum Gasteiger partial charge on any atom is 0.162 e. The third-order valence-corrected chi connectivity index (χ3v) is 4.31. The van der Waals surface area contributed by atoms with Crippen molar-refractivity contribution < 1.29 is 4.39 Å². The highest BCUT2D eigenvalue weighted by Crippen LogP contribution is 2.26. The lowest BCUT2D eigenvalue weighted by molar-refractivity contribution is 0.626. The van der Waals surface area contributed by atoms with Crippen LogP contribution in [0.5, 0.6) is 0 Å². The van der Waals surface area contributed by atoms with Crippen LogP contribution in [-0.4, -0.2) is 9.97 Å². The van der Waals surface area contributed by atoms with Gasteiger partial charge in [0, 0.05) is 22.5 Å². The van der Waals surface area contributed by atoms with Gasteiger partial charge >= 0.3 is 0 Å². The zero-order chi connectivity index (χ0) is 17.9. The molecule has 5 heteroatoms. The molecule has 0 aliphatic rings. The van der Waals surface area contributed by atoms with E-state index in [0.717, 1.165) is 22.0 Å². The van der Waals surface area contributed by atoms with Crippen LogP contribution in [0.1, 0.15) is 5.56 Å². The Balaban J connectivity index is 1.73. The quantitative estimate of drug-likeness (QED) is 0.505. The summed E-state index contributed by atoms with van der Waals surface area (Å²) < 4.78 is 13.4. The van der Waals surface area contributed by atoms with Crippen molar-refractivity contribution in [1.82, 2.24) is 9.97 Å². The van der Waals surface area contributed by atoms with E-state index in [1.54, 1.807) is 6.07 Å². The van der Waals surface area contributed by atoms with Crippen LogP contribution in [0.15, 0.2) is 72.8 Å². The van der Waals surface area contributed by atoms with Crippen LogP contribution in [0.3, 0.4) is 0 Å². The fraction of sp³-hybridized carbons (Fsp3) is 0.0476. The predicted octanol–water partition coefficient (Wildman–Crippen LogP) is 5.70. The van der Waals surface area contributed by atoms with Gasteiger partial charge in [-0.2, -0.15) is 0 Å². The number of fused-ring (bicyclic) bond motifs is 1. The second kappa shape index (κ2) is 7.10. The first kappa shape index (κ1) is 16.5. The maximum absolute atomic E-state index is 13.4. The lowest BCUT2D eigenvalue weighted by atomic mass is 10.1. The molecule has 0 aliphatic carbocycles. The number of hydrogen-bond donors (Lipinski definition) is 1. The van der Waals surface area contributed by atoms with Gasteiger partial charge in [0.05, 0.1) is 5.52 Å². The Morgan fingerprint density at radius 1 is 0.885 bits per heavy atom. The summed E-state index contributed by atoms with van der Waals surface area (Å²) in [5.41, 5.74) is 2.57. The number of nitrogens with one attached hydrogen (secondary N) is 1. The highest BCUT2D eigenvalue weighted by Gasteiger charge is 2.09. The van der Waals surface area contributed by atoms with E-state index >= 15 is 0 Å². The van der Waals surface area contributed by atoms with E-state index < -0.39 is 0 Å². The summed E-state index contributed by atoms with van der Waals surface area (Å²) in [7, 11) is 0. The molecule has 0 unspecified atom stereocenters. The Bertz CT molecular complexity index is 1060. The van der Waals surface area contributed by atoms with Crippen LogP contribution < -0.4 is 5.32 Å². The van der Waals surface area contributed by atoms with Crippen molar-refractivity contribution in [3.8, 4) is 11.4 Å². The highest BCUT2D eigenvalue weighted by atomic mass is 35.5. The second-order valence-electron chi connectivity index (χ2n) is 5.90. The summed E-state index contributed by atoms with van der Waals surface area (Å²) in [5.74, 6) is 1.07.